The van der Waals surface area contributed by atoms with Gasteiger partial charge in [0.15, 0.2) is 0 Å². The third-order valence-electron chi connectivity index (χ3n) is 3.08. The molecule has 0 atom stereocenters. The second-order valence-corrected chi connectivity index (χ2v) is 5.21. The van der Waals surface area contributed by atoms with E-state index >= 15 is 0 Å². The van der Waals surface area contributed by atoms with E-state index in [4.69, 9.17) is 5.26 Å². The molecule has 0 aliphatic rings. The number of carbonyl (C=O) groups excluding carboxylic acids is 2. The van der Waals surface area contributed by atoms with Gasteiger partial charge in [-0.1, -0.05) is 6.07 Å². The quantitative estimate of drug-likeness (QED) is 0.837. The van der Waals surface area contributed by atoms with E-state index in [9.17, 15) is 9.59 Å². The molecule has 0 saturated carbocycles. The van der Waals surface area contributed by atoms with Crippen LogP contribution < -0.4 is 10.6 Å². The minimum Gasteiger partial charge on any atom is -0.342 e. The molecule has 7 nitrogen and oxygen atoms in total. The van der Waals surface area contributed by atoms with Gasteiger partial charge in [-0.15, -0.1) is 0 Å². The molecule has 118 valence electrons. The number of rotatable bonds is 4. The van der Waals surface area contributed by atoms with E-state index in [0.717, 1.165) is 0 Å². The molecule has 2 rings (SSSR count). The first-order valence-corrected chi connectivity index (χ1v) is 7.13. The predicted octanol–water partition coefficient (Wildman–Crippen LogP) is 1.59. The Morgan fingerprint density at radius 1 is 1.30 bits per heavy atom. The number of hydrogen-bond acceptors (Lipinski definition) is 4. The highest BCUT2D eigenvalue weighted by Crippen LogP contribution is 2.09. The first-order chi connectivity index (χ1) is 11.0. The largest absolute Gasteiger partial charge is 0.342 e. The fraction of sp³-hybridized carbons (Fsp3) is 0.250. The summed E-state index contributed by atoms with van der Waals surface area (Å²) in [6.07, 6.45) is 1.82. The van der Waals surface area contributed by atoms with E-state index in [2.05, 4.69) is 15.7 Å². The fourth-order valence-electron chi connectivity index (χ4n) is 1.86. The van der Waals surface area contributed by atoms with Crippen molar-refractivity contribution >= 4 is 17.5 Å². The first kappa shape index (κ1) is 16.2. The lowest BCUT2D eigenvalue weighted by Crippen LogP contribution is -2.35. The van der Waals surface area contributed by atoms with Gasteiger partial charge in [0.25, 0.3) is 0 Å². The van der Waals surface area contributed by atoms with Crippen molar-refractivity contribution in [3.8, 4) is 6.07 Å². The number of nitriles is 1. The van der Waals surface area contributed by atoms with Gasteiger partial charge in [-0.2, -0.15) is 10.4 Å². The maximum atomic E-state index is 11.8. The first-order valence-electron chi connectivity index (χ1n) is 7.13. The Morgan fingerprint density at radius 3 is 2.74 bits per heavy atom. The summed E-state index contributed by atoms with van der Waals surface area (Å²) in [6.45, 7) is 4.17. The zero-order chi connectivity index (χ0) is 16.8. The van der Waals surface area contributed by atoms with Crippen molar-refractivity contribution in [2.24, 2.45) is 0 Å². The Morgan fingerprint density at radius 2 is 2.09 bits per heavy atom. The molecule has 0 radical (unpaired) electrons. The van der Waals surface area contributed by atoms with Gasteiger partial charge in [-0.25, -0.2) is 0 Å². The monoisotopic (exact) mass is 311 g/mol. The van der Waals surface area contributed by atoms with E-state index < -0.39 is 11.8 Å². The Kier molecular flexibility index (Phi) is 5.10. The second kappa shape index (κ2) is 7.22. The molecule has 0 fully saturated rings. The lowest BCUT2D eigenvalue weighted by atomic mass is 10.2. The predicted molar refractivity (Wildman–Crippen MR) is 84.2 cm³/mol. The summed E-state index contributed by atoms with van der Waals surface area (Å²) in [5.74, 6) is -1.55. The van der Waals surface area contributed by atoms with Crippen molar-refractivity contribution in [1.29, 1.82) is 5.26 Å². The minimum absolute atomic E-state index is 0.171. The fourth-order valence-corrected chi connectivity index (χ4v) is 1.86. The molecule has 0 bridgehead atoms. The van der Waals surface area contributed by atoms with Crippen LogP contribution in [0, 0.1) is 11.3 Å². The summed E-state index contributed by atoms with van der Waals surface area (Å²) in [7, 11) is 0. The highest BCUT2D eigenvalue weighted by molar-refractivity contribution is 6.39. The number of anilines is 1. The number of amides is 2. The van der Waals surface area contributed by atoms with Crippen LogP contribution in [0.1, 0.15) is 31.1 Å². The number of carbonyl (C=O) groups is 2. The minimum atomic E-state index is -0.789. The molecule has 0 aliphatic heterocycles. The number of aromatic nitrogens is 2. The molecule has 0 spiro atoms. The van der Waals surface area contributed by atoms with E-state index in [1.807, 2.05) is 26.1 Å². The molecule has 2 N–H and O–H groups in total. The van der Waals surface area contributed by atoms with Crippen LogP contribution in [0.5, 0.6) is 0 Å². The van der Waals surface area contributed by atoms with Crippen molar-refractivity contribution in [2.45, 2.75) is 26.4 Å². The van der Waals surface area contributed by atoms with Crippen molar-refractivity contribution in [1.82, 2.24) is 15.1 Å². The average Bonchev–Trinajstić information content (AvgIpc) is 3.02. The Bertz CT molecular complexity index is 758. The summed E-state index contributed by atoms with van der Waals surface area (Å²) >= 11 is 0. The van der Waals surface area contributed by atoms with Crippen molar-refractivity contribution in [3.05, 3.63) is 47.8 Å². The molecule has 7 heteroatoms. The van der Waals surface area contributed by atoms with Crippen LogP contribution in [0.4, 0.5) is 5.69 Å². The van der Waals surface area contributed by atoms with Gasteiger partial charge in [0.05, 0.1) is 23.9 Å². The maximum Gasteiger partial charge on any atom is 0.313 e. The Balaban J connectivity index is 1.89. The molecule has 23 heavy (non-hydrogen) atoms. The highest BCUT2D eigenvalue weighted by Gasteiger charge is 2.14. The van der Waals surface area contributed by atoms with Crippen LogP contribution in [0.25, 0.3) is 0 Å². The summed E-state index contributed by atoms with van der Waals surface area (Å²) in [6, 6.07) is 10.3. The Hall–Kier alpha value is -3.14. The molecular weight excluding hydrogens is 294 g/mol. The molecule has 1 aromatic carbocycles. The van der Waals surface area contributed by atoms with Crippen molar-refractivity contribution in [3.63, 3.8) is 0 Å². The molecule has 2 aromatic rings. The highest BCUT2D eigenvalue weighted by atomic mass is 16.2. The van der Waals surface area contributed by atoms with Gasteiger partial charge < -0.3 is 10.6 Å². The topological polar surface area (TPSA) is 99.8 Å². The average molecular weight is 311 g/mol. The van der Waals surface area contributed by atoms with E-state index in [1.54, 1.807) is 28.9 Å². The van der Waals surface area contributed by atoms with Gasteiger partial charge in [-0.05, 0) is 38.1 Å². The van der Waals surface area contributed by atoms with Gasteiger partial charge >= 0.3 is 11.8 Å². The second-order valence-electron chi connectivity index (χ2n) is 5.21. The van der Waals surface area contributed by atoms with Crippen LogP contribution in [0.3, 0.4) is 0 Å². The van der Waals surface area contributed by atoms with Crippen molar-refractivity contribution in [2.75, 3.05) is 5.32 Å². The van der Waals surface area contributed by atoms with Gasteiger partial charge in [0, 0.05) is 17.9 Å². The molecule has 1 aromatic heterocycles. The van der Waals surface area contributed by atoms with Gasteiger partial charge in [0.2, 0.25) is 0 Å². The molecule has 1 heterocycles. The van der Waals surface area contributed by atoms with Crippen LogP contribution in [0.15, 0.2) is 36.5 Å². The van der Waals surface area contributed by atoms with E-state index in [-0.39, 0.29) is 12.6 Å². The van der Waals surface area contributed by atoms with Crippen LogP contribution in [-0.4, -0.2) is 21.6 Å². The summed E-state index contributed by atoms with van der Waals surface area (Å²) in [5.41, 5.74) is 1.47. The normalized spacial score (nSPS) is 10.2. The zero-order valence-electron chi connectivity index (χ0n) is 12.9. The summed E-state index contributed by atoms with van der Waals surface area (Å²) in [4.78, 5) is 23.6. The van der Waals surface area contributed by atoms with Gasteiger partial charge in [-0.3, -0.25) is 14.3 Å². The molecule has 0 unspecified atom stereocenters. The molecule has 0 aliphatic carbocycles. The van der Waals surface area contributed by atoms with Crippen molar-refractivity contribution < 1.29 is 9.59 Å². The molecular formula is C16H17N5O2. The molecule has 0 saturated heterocycles. The van der Waals surface area contributed by atoms with Crippen LogP contribution >= 0.6 is 0 Å². The van der Waals surface area contributed by atoms with Crippen LogP contribution in [-0.2, 0) is 16.1 Å². The number of benzene rings is 1. The summed E-state index contributed by atoms with van der Waals surface area (Å²) in [5, 5.41) is 18.0. The number of hydrogen-bond donors (Lipinski definition) is 2. The SMILES string of the molecule is CC(C)n1ccc(CNC(=O)C(=O)Nc2cccc(C#N)c2)n1. The Labute approximate surface area is 133 Å². The maximum absolute atomic E-state index is 11.8. The van der Waals surface area contributed by atoms with Gasteiger partial charge in [0.1, 0.15) is 0 Å². The number of nitrogens with one attached hydrogen (secondary N) is 2. The van der Waals surface area contributed by atoms with E-state index in [0.29, 0.717) is 16.9 Å². The lowest BCUT2D eigenvalue weighted by Gasteiger charge is -2.06. The lowest BCUT2D eigenvalue weighted by molar-refractivity contribution is -0.136. The van der Waals surface area contributed by atoms with E-state index in [1.165, 1.54) is 6.07 Å². The molecule has 2 amide bonds. The number of nitrogens with zero attached hydrogens (tertiary/aromatic N) is 3. The third kappa shape index (κ3) is 4.41. The standard InChI is InChI=1S/C16H17N5O2/c1-11(2)21-7-6-14(20-21)10-18-15(22)16(23)19-13-5-3-4-12(8-13)9-17/h3-8,11H,10H2,1-2H3,(H,18,22)(H,19,23). The third-order valence-corrected chi connectivity index (χ3v) is 3.08. The summed E-state index contributed by atoms with van der Waals surface area (Å²) < 4.78 is 1.77. The van der Waals surface area contributed by atoms with Crippen LogP contribution in [0.2, 0.25) is 0 Å². The smallest absolute Gasteiger partial charge is 0.313 e. The zero-order valence-corrected chi connectivity index (χ0v) is 12.9.